The molecule has 0 aliphatic carbocycles. The van der Waals surface area contributed by atoms with Crippen LogP contribution in [0.4, 0.5) is 5.82 Å². The summed E-state index contributed by atoms with van der Waals surface area (Å²) in [4.78, 5) is 20.5. The summed E-state index contributed by atoms with van der Waals surface area (Å²) in [5, 5.41) is 6.15. The topological polar surface area (TPSA) is 66.9 Å². The van der Waals surface area contributed by atoms with Gasteiger partial charge in [-0.2, -0.15) is 0 Å². The van der Waals surface area contributed by atoms with Crippen LogP contribution in [0.15, 0.2) is 12.4 Å². The molecule has 5 nitrogen and oxygen atoms in total. The second-order valence-corrected chi connectivity index (χ2v) is 5.06. The van der Waals surface area contributed by atoms with Crippen molar-refractivity contribution in [1.82, 2.24) is 15.3 Å². The Bertz CT molecular complexity index is 418. The molecule has 1 heterocycles. The van der Waals surface area contributed by atoms with Gasteiger partial charge in [0.1, 0.15) is 11.5 Å². The largest absolute Gasteiger partial charge is 0.369 e. The van der Waals surface area contributed by atoms with Crippen molar-refractivity contribution in [2.75, 3.05) is 11.9 Å². The minimum atomic E-state index is -0.156. The summed E-state index contributed by atoms with van der Waals surface area (Å²) in [6.07, 6.45) is 6.26. The van der Waals surface area contributed by atoms with Crippen molar-refractivity contribution in [3.8, 4) is 0 Å². The molecule has 0 aliphatic heterocycles. The lowest BCUT2D eigenvalue weighted by Gasteiger charge is -2.22. The zero-order chi connectivity index (χ0) is 15.0. The Kier molecular flexibility index (Phi) is 6.98. The summed E-state index contributed by atoms with van der Waals surface area (Å²) in [6.45, 7) is 9.23. The molecule has 0 bridgehead atoms. The van der Waals surface area contributed by atoms with E-state index in [4.69, 9.17) is 0 Å². The van der Waals surface area contributed by atoms with Crippen LogP contribution in [0.2, 0.25) is 0 Å². The molecule has 1 aromatic heterocycles. The van der Waals surface area contributed by atoms with Gasteiger partial charge in [0.2, 0.25) is 0 Å². The van der Waals surface area contributed by atoms with Crippen molar-refractivity contribution in [3.05, 3.63) is 18.1 Å². The molecule has 0 aromatic carbocycles. The Balaban J connectivity index is 2.67. The number of carbonyl (C=O) groups excluding carboxylic acids is 1. The maximum absolute atomic E-state index is 12.2. The van der Waals surface area contributed by atoms with Crippen LogP contribution < -0.4 is 10.6 Å². The molecule has 1 rings (SSSR count). The van der Waals surface area contributed by atoms with Crippen molar-refractivity contribution < 1.29 is 4.79 Å². The third-order valence-corrected chi connectivity index (χ3v) is 3.54. The van der Waals surface area contributed by atoms with Gasteiger partial charge in [0, 0.05) is 12.6 Å². The fourth-order valence-corrected chi connectivity index (χ4v) is 2.21. The number of rotatable bonds is 8. The number of nitrogens with zero attached hydrogens (tertiary/aromatic N) is 2. The number of nitrogens with one attached hydrogen (secondary N) is 2. The zero-order valence-corrected chi connectivity index (χ0v) is 12.9. The van der Waals surface area contributed by atoms with Gasteiger partial charge >= 0.3 is 0 Å². The molecular weight excluding hydrogens is 252 g/mol. The van der Waals surface area contributed by atoms with E-state index >= 15 is 0 Å². The average Bonchev–Trinajstić information content (AvgIpc) is 2.46. The van der Waals surface area contributed by atoms with E-state index in [1.54, 1.807) is 6.20 Å². The molecule has 20 heavy (non-hydrogen) atoms. The molecule has 1 amide bonds. The van der Waals surface area contributed by atoms with E-state index < -0.39 is 0 Å². The second kappa shape index (κ2) is 8.51. The molecule has 0 spiro atoms. The summed E-state index contributed by atoms with van der Waals surface area (Å²) in [5.74, 6) is 0.986. The van der Waals surface area contributed by atoms with Gasteiger partial charge in [-0.1, -0.05) is 33.6 Å². The van der Waals surface area contributed by atoms with Gasteiger partial charge in [-0.15, -0.1) is 0 Å². The quantitative estimate of drug-likeness (QED) is 0.767. The van der Waals surface area contributed by atoms with E-state index in [0.717, 1.165) is 25.8 Å². The van der Waals surface area contributed by atoms with Crippen molar-refractivity contribution in [2.45, 2.75) is 53.0 Å². The summed E-state index contributed by atoms with van der Waals surface area (Å²) < 4.78 is 0. The van der Waals surface area contributed by atoms with Gasteiger partial charge < -0.3 is 10.6 Å². The van der Waals surface area contributed by atoms with Crippen LogP contribution in [0.5, 0.6) is 0 Å². The minimum Gasteiger partial charge on any atom is -0.369 e. The summed E-state index contributed by atoms with van der Waals surface area (Å²) in [7, 11) is 0. The lowest BCUT2D eigenvalue weighted by atomic mass is 9.95. The molecule has 0 radical (unpaired) electrons. The van der Waals surface area contributed by atoms with Crippen LogP contribution in [-0.4, -0.2) is 28.5 Å². The first kappa shape index (κ1) is 16.4. The monoisotopic (exact) mass is 278 g/mol. The van der Waals surface area contributed by atoms with Crippen LogP contribution in [0.1, 0.15) is 57.4 Å². The number of carbonyl (C=O) groups is 1. The van der Waals surface area contributed by atoms with Crippen molar-refractivity contribution in [3.63, 3.8) is 0 Å². The highest BCUT2D eigenvalue weighted by atomic mass is 16.1. The van der Waals surface area contributed by atoms with Crippen LogP contribution in [0, 0.1) is 5.92 Å². The number of hydrogen-bond donors (Lipinski definition) is 2. The Hall–Kier alpha value is -1.65. The number of aromatic nitrogens is 2. The first-order valence-electron chi connectivity index (χ1n) is 7.49. The van der Waals surface area contributed by atoms with Gasteiger partial charge in [0.05, 0.1) is 12.4 Å². The minimum absolute atomic E-state index is 0.145. The Morgan fingerprint density at radius 3 is 2.55 bits per heavy atom. The molecule has 2 N–H and O–H groups in total. The van der Waals surface area contributed by atoms with Gasteiger partial charge in [-0.3, -0.25) is 9.78 Å². The summed E-state index contributed by atoms with van der Waals surface area (Å²) in [6, 6.07) is 0.145. The Morgan fingerprint density at radius 2 is 1.95 bits per heavy atom. The SMILES string of the molecule is CCCNc1cncc(C(=O)NC(C)C(CC)CC)n1. The lowest BCUT2D eigenvalue weighted by molar-refractivity contribution is 0.0920. The number of anilines is 1. The Morgan fingerprint density at radius 1 is 1.25 bits per heavy atom. The van der Waals surface area contributed by atoms with Gasteiger partial charge in [-0.05, 0) is 19.3 Å². The third kappa shape index (κ3) is 4.79. The maximum atomic E-state index is 12.2. The van der Waals surface area contributed by atoms with Gasteiger partial charge in [0.25, 0.3) is 5.91 Å². The van der Waals surface area contributed by atoms with Crippen LogP contribution in [0.25, 0.3) is 0 Å². The van der Waals surface area contributed by atoms with Crippen LogP contribution in [0.3, 0.4) is 0 Å². The smallest absolute Gasteiger partial charge is 0.271 e. The normalized spacial score (nSPS) is 12.2. The van der Waals surface area contributed by atoms with E-state index in [0.29, 0.717) is 17.4 Å². The van der Waals surface area contributed by atoms with E-state index in [9.17, 15) is 4.79 Å². The molecule has 112 valence electrons. The molecule has 0 fully saturated rings. The van der Waals surface area contributed by atoms with E-state index in [1.165, 1.54) is 6.20 Å². The molecule has 1 atom stereocenters. The molecule has 0 saturated carbocycles. The fourth-order valence-electron chi connectivity index (χ4n) is 2.21. The lowest BCUT2D eigenvalue weighted by Crippen LogP contribution is -2.38. The summed E-state index contributed by atoms with van der Waals surface area (Å²) >= 11 is 0. The molecule has 0 saturated heterocycles. The standard InChI is InChI=1S/C15H26N4O/c1-5-8-17-14-10-16-9-13(19-14)15(20)18-11(4)12(6-2)7-3/h9-12H,5-8H2,1-4H3,(H,17,19)(H,18,20). The summed E-state index contributed by atoms with van der Waals surface area (Å²) in [5.41, 5.74) is 0.365. The predicted molar refractivity (Wildman–Crippen MR) is 81.8 cm³/mol. The van der Waals surface area contributed by atoms with Crippen LogP contribution in [-0.2, 0) is 0 Å². The van der Waals surface area contributed by atoms with Gasteiger partial charge in [0.15, 0.2) is 0 Å². The highest BCUT2D eigenvalue weighted by molar-refractivity contribution is 5.92. The fraction of sp³-hybridized carbons (Fsp3) is 0.667. The predicted octanol–water partition coefficient (Wildman–Crippen LogP) is 2.85. The first-order valence-corrected chi connectivity index (χ1v) is 7.49. The molecule has 1 unspecified atom stereocenters. The molecule has 0 aliphatic rings. The first-order chi connectivity index (χ1) is 9.62. The van der Waals surface area contributed by atoms with Crippen molar-refractivity contribution >= 4 is 11.7 Å². The third-order valence-electron chi connectivity index (χ3n) is 3.54. The highest BCUT2D eigenvalue weighted by Crippen LogP contribution is 2.13. The van der Waals surface area contributed by atoms with E-state index in [1.807, 2.05) is 6.92 Å². The molecule has 5 heteroatoms. The number of amides is 1. The maximum Gasteiger partial charge on any atom is 0.271 e. The van der Waals surface area contributed by atoms with E-state index in [2.05, 4.69) is 41.4 Å². The molecule has 1 aromatic rings. The second-order valence-electron chi connectivity index (χ2n) is 5.06. The van der Waals surface area contributed by atoms with Crippen LogP contribution >= 0.6 is 0 Å². The van der Waals surface area contributed by atoms with Crippen molar-refractivity contribution in [1.29, 1.82) is 0 Å². The highest BCUT2D eigenvalue weighted by Gasteiger charge is 2.17. The average molecular weight is 278 g/mol. The Labute approximate surface area is 121 Å². The number of hydrogen-bond acceptors (Lipinski definition) is 4. The van der Waals surface area contributed by atoms with Gasteiger partial charge in [-0.25, -0.2) is 4.98 Å². The van der Waals surface area contributed by atoms with E-state index in [-0.39, 0.29) is 11.9 Å². The van der Waals surface area contributed by atoms with Crippen molar-refractivity contribution in [2.24, 2.45) is 5.92 Å². The molecular formula is C15H26N4O. The zero-order valence-electron chi connectivity index (χ0n) is 12.9.